The summed E-state index contributed by atoms with van der Waals surface area (Å²) in [4.78, 5) is 14.0. The monoisotopic (exact) mass is 358 g/mol. The zero-order valence-electron chi connectivity index (χ0n) is 14.3. The Bertz CT molecular complexity index is 818. The number of carbonyl (C=O) groups is 1. The third kappa shape index (κ3) is 3.00. The molecule has 0 atom stereocenters. The molecular formula is C20H20F2N2O2. The number of halogens is 2. The summed E-state index contributed by atoms with van der Waals surface area (Å²) in [5, 5.41) is 3.07. The SMILES string of the molecule is O=C(OCc1ccccc1)N1CCC2(CC1)CNc1c(F)cc(F)cc12. The summed E-state index contributed by atoms with van der Waals surface area (Å²) in [5.74, 6) is -1.12. The van der Waals surface area contributed by atoms with Crippen LogP contribution in [-0.2, 0) is 16.8 Å². The van der Waals surface area contributed by atoms with Crippen molar-refractivity contribution in [3.05, 3.63) is 65.2 Å². The average molecular weight is 358 g/mol. The molecule has 26 heavy (non-hydrogen) atoms. The van der Waals surface area contributed by atoms with Crippen LogP contribution in [0.1, 0.15) is 24.0 Å². The average Bonchev–Trinajstić information content (AvgIpc) is 3.00. The normalized spacial score (nSPS) is 17.7. The molecule has 4 nitrogen and oxygen atoms in total. The number of carbonyl (C=O) groups excluding carboxylic acids is 1. The van der Waals surface area contributed by atoms with Gasteiger partial charge in [-0.15, -0.1) is 0 Å². The van der Waals surface area contributed by atoms with E-state index in [0.29, 0.717) is 43.7 Å². The van der Waals surface area contributed by atoms with E-state index in [1.54, 1.807) is 4.90 Å². The highest BCUT2D eigenvalue weighted by molar-refractivity contribution is 5.68. The minimum absolute atomic E-state index is 0.238. The maximum absolute atomic E-state index is 14.0. The molecule has 2 heterocycles. The van der Waals surface area contributed by atoms with Crippen LogP contribution in [0.25, 0.3) is 0 Å². The number of hydrogen-bond acceptors (Lipinski definition) is 3. The number of nitrogens with one attached hydrogen (secondary N) is 1. The molecule has 136 valence electrons. The minimum Gasteiger partial charge on any atom is -0.445 e. The first kappa shape index (κ1) is 16.8. The smallest absolute Gasteiger partial charge is 0.410 e. The van der Waals surface area contributed by atoms with Gasteiger partial charge in [-0.25, -0.2) is 13.6 Å². The van der Waals surface area contributed by atoms with Crippen LogP contribution in [0.2, 0.25) is 0 Å². The van der Waals surface area contributed by atoms with Gasteiger partial charge in [0.1, 0.15) is 18.2 Å². The van der Waals surface area contributed by atoms with Crippen molar-refractivity contribution in [3.63, 3.8) is 0 Å². The van der Waals surface area contributed by atoms with E-state index in [2.05, 4.69) is 5.32 Å². The van der Waals surface area contributed by atoms with Crippen molar-refractivity contribution in [2.45, 2.75) is 24.9 Å². The molecule has 6 heteroatoms. The highest BCUT2D eigenvalue weighted by atomic mass is 19.1. The van der Waals surface area contributed by atoms with Crippen molar-refractivity contribution in [1.29, 1.82) is 0 Å². The van der Waals surface area contributed by atoms with Gasteiger partial charge in [0.25, 0.3) is 0 Å². The Morgan fingerprint density at radius 1 is 1.15 bits per heavy atom. The van der Waals surface area contributed by atoms with Crippen LogP contribution >= 0.6 is 0 Å². The topological polar surface area (TPSA) is 41.6 Å². The van der Waals surface area contributed by atoms with Gasteiger partial charge in [0.15, 0.2) is 0 Å². The Labute approximate surface area is 150 Å². The van der Waals surface area contributed by atoms with Crippen LogP contribution in [-0.4, -0.2) is 30.6 Å². The molecule has 0 saturated carbocycles. The van der Waals surface area contributed by atoms with E-state index in [9.17, 15) is 13.6 Å². The fraction of sp³-hybridized carbons (Fsp3) is 0.350. The third-order valence-corrected chi connectivity index (χ3v) is 5.41. The number of rotatable bonds is 2. The first-order valence-electron chi connectivity index (χ1n) is 8.76. The van der Waals surface area contributed by atoms with Crippen molar-refractivity contribution >= 4 is 11.8 Å². The molecular weight excluding hydrogens is 338 g/mol. The molecule has 2 aromatic carbocycles. The van der Waals surface area contributed by atoms with Gasteiger partial charge in [-0.05, 0) is 30.0 Å². The van der Waals surface area contributed by atoms with Crippen molar-refractivity contribution in [1.82, 2.24) is 4.90 Å². The fourth-order valence-electron chi connectivity index (χ4n) is 3.90. The van der Waals surface area contributed by atoms with E-state index < -0.39 is 11.6 Å². The minimum atomic E-state index is -0.561. The van der Waals surface area contributed by atoms with E-state index in [-0.39, 0.29) is 18.1 Å². The number of hydrogen-bond donors (Lipinski definition) is 1. The maximum Gasteiger partial charge on any atom is 0.410 e. The fourth-order valence-corrected chi connectivity index (χ4v) is 3.90. The van der Waals surface area contributed by atoms with E-state index >= 15 is 0 Å². The molecule has 1 saturated heterocycles. The largest absolute Gasteiger partial charge is 0.445 e. The number of amides is 1. The molecule has 0 aliphatic carbocycles. The van der Waals surface area contributed by atoms with E-state index in [4.69, 9.17) is 4.74 Å². The molecule has 1 N–H and O–H groups in total. The van der Waals surface area contributed by atoms with E-state index in [0.717, 1.165) is 11.6 Å². The lowest BCUT2D eigenvalue weighted by molar-refractivity contribution is 0.0793. The van der Waals surface area contributed by atoms with E-state index in [1.165, 1.54) is 6.07 Å². The first-order valence-corrected chi connectivity index (χ1v) is 8.76. The van der Waals surface area contributed by atoms with Gasteiger partial charge in [0.2, 0.25) is 0 Å². The number of nitrogens with zero attached hydrogens (tertiary/aromatic N) is 1. The quantitative estimate of drug-likeness (QED) is 0.880. The van der Waals surface area contributed by atoms with Crippen LogP contribution in [0.15, 0.2) is 42.5 Å². The summed E-state index contributed by atoms with van der Waals surface area (Å²) in [7, 11) is 0. The van der Waals surface area contributed by atoms with Crippen LogP contribution in [0.4, 0.5) is 19.3 Å². The standard InChI is InChI=1S/C20H20F2N2O2/c21-15-10-16-18(17(22)11-15)23-13-20(16)6-8-24(9-7-20)19(25)26-12-14-4-2-1-3-5-14/h1-5,10-11,23H,6-9,12-13H2. The molecule has 2 aromatic rings. The predicted molar refractivity (Wildman–Crippen MR) is 94.0 cm³/mol. The van der Waals surface area contributed by atoms with E-state index in [1.807, 2.05) is 30.3 Å². The van der Waals surface area contributed by atoms with Gasteiger partial charge in [-0.3, -0.25) is 0 Å². The third-order valence-electron chi connectivity index (χ3n) is 5.41. The number of likely N-dealkylation sites (tertiary alicyclic amines) is 1. The van der Waals surface area contributed by atoms with Crippen molar-refractivity contribution in [3.8, 4) is 0 Å². The molecule has 0 bridgehead atoms. The van der Waals surface area contributed by atoms with Gasteiger partial charge in [-0.2, -0.15) is 0 Å². The van der Waals surface area contributed by atoms with Gasteiger partial charge in [-0.1, -0.05) is 30.3 Å². The highest BCUT2D eigenvalue weighted by Gasteiger charge is 2.43. The van der Waals surface area contributed by atoms with Crippen LogP contribution in [0.5, 0.6) is 0 Å². The van der Waals surface area contributed by atoms with Crippen LogP contribution in [0.3, 0.4) is 0 Å². The Morgan fingerprint density at radius 2 is 1.88 bits per heavy atom. The zero-order valence-corrected chi connectivity index (χ0v) is 14.3. The van der Waals surface area contributed by atoms with Gasteiger partial charge >= 0.3 is 6.09 Å². The Hall–Kier alpha value is -2.63. The molecule has 2 aliphatic heterocycles. The van der Waals surface area contributed by atoms with Gasteiger partial charge in [0, 0.05) is 31.1 Å². The number of fused-ring (bicyclic) bond motifs is 2. The van der Waals surface area contributed by atoms with Gasteiger partial charge in [0.05, 0.1) is 5.69 Å². The molecule has 2 aliphatic rings. The lowest BCUT2D eigenvalue weighted by atomic mass is 9.74. The Morgan fingerprint density at radius 3 is 2.62 bits per heavy atom. The maximum atomic E-state index is 14.0. The molecule has 1 fully saturated rings. The summed E-state index contributed by atoms with van der Waals surface area (Å²) in [6.07, 6.45) is 0.951. The molecule has 4 rings (SSSR count). The lowest BCUT2D eigenvalue weighted by Gasteiger charge is -2.38. The van der Waals surface area contributed by atoms with Crippen molar-refractivity contribution < 1.29 is 18.3 Å². The highest BCUT2D eigenvalue weighted by Crippen LogP contribution is 2.45. The number of benzene rings is 2. The predicted octanol–water partition coefficient (Wildman–Crippen LogP) is 4.06. The first-order chi connectivity index (χ1) is 12.6. The summed E-state index contributed by atoms with van der Waals surface area (Å²) in [5.41, 5.74) is 1.70. The molecule has 0 unspecified atom stereocenters. The number of anilines is 1. The number of piperidine rings is 1. The second kappa shape index (κ2) is 6.59. The van der Waals surface area contributed by atoms with Crippen molar-refractivity contribution in [2.24, 2.45) is 0 Å². The summed E-state index contributed by atoms with van der Waals surface area (Å²) < 4.78 is 33.0. The molecule has 0 radical (unpaired) electrons. The number of ether oxygens (including phenoxy) is 1. The Kier molecular flexibility index (Phi) is 4.26. The van der Waals surface area contributed by atoms with Crippen molar-refractivity contribution in [2.75, 3.05) is 25.0 Å². The summed E-state index contributed by atoms with van der Waals surface area (Å²) >= 11 is 0. The lowest BCUT2D eigenvalue weighted by Crippen LogP contribution is -2.46. The second-order valence-corrected chi connectivity index (χ2v) is 6.97. The zero-order chi connectivity index (χ0) is 18.1. The second-order valence-electron chi connectivity index (χ2n) is 6.97. The summed E-state index contributed by atoms with van der Waals surface area (Å²) in [6, 6.07) is 11.8. The molecule has 0 aromatic heterocycles. The van der Waals surface area contributed by atoms with Crippen LogP contribution < -0.4 is 5.32 Å². The molecule has 1 amide bonds. The van der Waals surface area contributed by atoms with Crippen LogP contribution in [0, 0.1) is 11.6 Å². The Balaban J connectivity index is 1.40. The van der Waals surface area contributed by atoms with Gasteiger partial charge < -0.3 is 15.0 Å². The molecule has 1 spiro atoms. The summed E-state index contributed by atoms with van der Waals surface area (Å²) in [6.45, 7) is 1.82.